The molecule has 0 radical (unpaired) electrons. The van der Waals surface area contributed by atoms with Crippen LogP contribution in [0.4, 0.5) is 0 Å². The highest BCUT2D eigenvalue weighted by atomic mass is 14.3. The summed E-state index contributed by atoms with van der Waals surface area (Å²) in [5.41, 5.74) is 0. The maximum absolute atomic E-state index is 2.37. The predicted molar refractivity (Wildman–Crippen MR) is 59.9 cm³/mol. The van der Waals surface area contributed by atoms with Gasteiger partial charge in [0.25, 0.3) is 0 Å². The average molecular weight is 182 g/mol. The van der Waals surface area contributed by atoms with E-state index in [9.17, 15) is 0 Å². The van der Waals surface area contributed by atoms with Gasteiger partial charge in [0, 0.05) is 0 Å². The SMILES string of the molecule is CCCCCC[C@@H]1CCC[C@@H]1CC. The molecule has 1 aliphatic rings. The summed E-state index contributed by atoms with van der Waals surface area (Å²) in [6, 6.07) is 0. The maximum Gasteiger partial charge on any atom is -0.0386 e. The zero-order chi connectivity index (χ0) is 9.52. The molecular formula is C13H26. The summed E-state index contributed by atoms with van der Waals surface area (Å²) in [5, 5.41) is 0. The normalized spacial score (nSPS) is 28.2. The smallest absolute Gasteiger partial charge is 0.0386 e. The molecule has 0 unspecified atom stereocenters. The number of rotatable bonds is 6. The van der Waals surface area contributed by atoms with Gasteiger partial charge in [0.2, 0.25) is 0 Å². The molecule has 0 saturated heterocycles. The Morgan fingerprint density at radius 3 is 2.38 bits per heavy atom. The molecule has 0 heteroatoms. The summed E-state index contributed by atoms with van der Waals surface area (Å²) in [7, 11) is 0. The number of unbranched alkanes of at least 4 members (excludes halogenated alkanes) is 3. The van der Waals surface area contributed by atoms with Crippen LogP contribution in [-0.4, -0.2) is 0 Å². The quantitative estimate of drug-likeness (QED) is 0.518. The van der Waals surface area contributed by atoms with Crippen molar-refractivity contribution in [2.75, 3.05) is 0 Å². The summed E-state index contributed by atoms with van der Waals surface area (Å²) in [5.74, 6) is 2.18. The van der Waals surface area contributed by atoms with Gasteiger partial charge in [-0.05, 0) is 11.8 Å². The summed E-state index contributed by atoms with van der Waals surface area (Å²) in [6.45, 7) is 4.67. The van der Waals surface area contributed by atoms with Crippen LogP contribution in [0.1, 0.15) is 71.6 Å². The van der Waals surface area contributed by atoms with E-state index >= 15 is 0 Å². The molecule has 1 fully saturated rings. The molecule has 0 N–H and O–H groups in total. The molecule has 0 spiro atoms. The molecular weight excluding hydrogens is 156 g/mol. The minimum atomic E-state index is 1.08. The molecule has 0 aromatic heterocycles. The minimum absolute atomic E-state index is 1.08. The van der Waals surface area contributed by atoms with Crippen LogP contribution in [0.15, 0.2) is 0 Å². The van der Waals surface area contributed by atoms with E-state index in [1.807, 2.05) is 0 Å². The number of hydrogen-bond acceptors (Lipinski definition) is 0. The van der Waals surface area contributed by atoms with Crippen molar-refractivity contribution >= 4 is 0 Å². The van der Waals surface area contributed by atoms with Crippen molar-refractivity contribution in [3.05, 3.63) is 0 Å². The largest absolute Gasteiger partial charge is 0.0654 e. The fraction of sp³-hybridized carbons (Fsp3) is 1.00. The molecule has 1 aliphatic carbocycles. The lowest BCUT2D eigenvalue weighted by molar-refractivity contribution is 0.342. The molecule has 1 saturated carbocycles. The van der Waals surface area contributed by atoms with Crippen molar-refractivity contribution < 1.29 is 0 Å². The lowest BCUT2D eigenvalue weighted by Gasteiger charge is -2.17. The van der Waals surface area contributed by atoms with Gasteiger partial charge < -0.3 is 0 Å². The lowest BCUT2D eigenvalue weighted by Crippen LogP contribution is -2.06. The third kappa shape index (κ3) is 3.70. The maximum atomic E-state index is 2.37. The highest BCUT2D eigenvalue weighted by molar-refractivity contribution is 4.76. The Kier molecular flexibility index (Phi) is 5.50. The van der Waals surface area contributed by atoms with Gasteiger partial charge in [-0.1, -0.05) is 71.6 Å². The van der Waals surface area contributed by atoms with Crippen LogP contribution >= 0.6 is 0 Å². The van der Waals surface area contributed by atoms with Gasteiger partial charge in [0.1, 0.15) is 0 Å². The van der Waals surface area contributed by atoms with Crippen LogP contribution in [0.3, 0.4) is 0 Å². The molecule has 78 valence electrons. The summed E-state index contributed by atoms with van der Waals surface area (Å²) >= 11 is 0. The van der Waals surface area contributed by atoms with E-state index in [1.54, 1.807) is 0 Å². The molecule has 0 aromatic carbocycles. The second kappa shape index (κ2) is 6.45. The summed E-state index contributed by atoms with van der Waals surface area (Å²) in [4.78, 5) is 0. The fourth-order valence-electron chi connectivity index (χ4n) is 2.86. The monoisotopic (exact) mass is 182 g/mol. The van der Waals surface area contributed by atoms with Gasteiger partial charge in [-0.2, -0.15) is 0 Å². The molecule has 13 heavy (non-hydrogen) atoms. The van der Waals surface area contributed by atoms with Gasteiger partial charge in [0.15, 0.2) is 0 Å². The van der Waals surface area contributed by atoms with Gasteiger partial charge in [-0.15, -0.1) is 0 Å². The second-order valence-corrected chi connectivity index (χ2v) is 4.71. The minimum Gasteiger partial charge on any atom is -0.0654 e. The van der Waals surface area contributed by atoms with Crippen molar-refractivity contribution in [1.82, 2.24) is 0 Å². The first-order chi connectivity index (χ1) is 6.38. The topological polar surface area (TPSA) is 0 Å². The first-order valence-corrected chi connectivity index (χ1v) is 6.38. The van der Waals surface area contributed by atoms with Gasteiger partial charge in [-0.25, -0.2) is 0 Å². The highest BCUT2D eigenvalue weighted by Crippen LogP contribution is 2.37. The predicted octanol–water partition coefficient (Wildman–Crippen LogP) is 4.78. The Hall–Kier alpha value is 0. The Bertz CT molecular complexity index is 117. The molecule has 2 atom stereocenters. The molecule has 0 bridgehead atoms. The van der Waals surface area contributed by atoms with E-state index in [-0.39, 0.29) is 0 Å². The molecule has 0 nitrogen and oxygen atoms in total. The Labute approximate surface area is 84.1 Å². The molecule has 0 heterocycles. The summed E-state index contributed by atoms with van der Waals surface area (Å²) in [6.07, 6.45) is 13.3. The molecule has 0 aromatic rings. The average Bonchev–Trinajstić information content (AvgIpc) is 2.60. The van der Waals surface area contributed by atoms with E-state index in [4.69, 9.17) is 0 Å². The highest BCUT2D eigenvalue weighted by Gasteiger charge is 2.24. The van der Waals surface area contributed by atoms with Crippen LogP contribution in [0.5, 0.6) is 0 Å². The Balaban J connectivity index is 2.06. The van der Waals surface area contributed by atoms with Gasteiger partial charge in [0.05, 0.1) is 0 Å². The Morgan fingerprint density at radius 1 is 0.923 bits per heavy atom. The lowest BCUT2D eigenvalue weighted by atomic mass is 9.89. The van der Waals surface area contributed by atoms with E-state index in [2.05, 4.69) is 13.8 Å². The summed E-state index contributed by atoms with van der Waals surface area (Å²) < 4.78 is 0. The van der Waals surface area contributed by atoms with E-state index < -0.39 is 0 Å². The number of hydrogen-bond donors (Lipinski definition) is 0. The van der Waals surface area contributed by atoms with Crippen molar-refractivity contribution in [3.8, 4) is 0 Å². The van der Waals surface area contributed by atoms with Crippen LogP contribution in [0, 0.1) is 11.8 Å². The van der Waals surface area contributed by atoms with Crippen LogP contribution in [0.2, 0.25) is 0 Å². The molecule has 1 rings (SSSR count). The molecule has 0 amide bonds. The zero-order valence-corrected chi connectivity index (χ0v) is 9.52. The van der Waals surface area contributed by atoms with Crippen LogP contribution in [-0.2, 0) is 0 Å². The van der Waals surface area contributed by atoms with Crippen molar-refractivity contribution in [1.29, 1.82) is 0 Å². The molecule has 0 aliphatic heterocycles. The van der Waals surface area contributed by atoms with E-state index in [0.717, 1.165) is 11.8 Å². The van der Waals surface area contributed by atoms with E-state index in [0.29, 0.717) is 0 Å². The van der Waals surface area contributed by atoms with Gasteiger partial charge in [-0.3, -0.25) is 0 Å². The zero-order valence-electron chi connectivity index (χ0n) is 9.52. The van der Waals surface area contributed by atoms with Crippen LogP contribution < -0.4 is 0 Å². The van der Waals surface area contributed by atoms with Crippen molar-refractivity contribution in [2.24, 2.45) is 11.8 Å². The van der Waals surface area contributed by atoms with Gasteiger partial charge >= 0.3 is 0 Å². The van der Waals surface area contributed by atoms with E-state index in [1.165, 1.54) is 57.8 Å². The van der Waals surface area contributed by atoms with Crippen molar-refractivity contribution in [3.63, 3.8) is 0 Å². The third-order valence-corrected chi connectivity index (χ3v) is 3.77. The first-order valence-electron chi connectivity index (χ1n) is 6.38. The second-order valence-electron chi connectivity index (χ2n) is 4.71. The fourth-order valence-corrected chi connectivity index (χ4v) is 2.86. The standard InChI is InChI=1S/C13H26/c1-3-5-6-7-9-13-11-8-10-12(13)4-2/h12-13H,3-11H2,1-2H3/t12-,13+/m0/s1. The first kappa shape index (κ1) is 11.1. The van der Waals surface area contributed by atoms with Crippen LogP contribution in [0.25, 0.3) is 0 Å². The van der Waals surface area contributed by atoms with Crippen molar-refractivity contribution in [2.45, 2.75) is 71.6 Å². The Morgan fingerprint density at radius 2 is 1.69 bits per heavy atom. The third-order valence-electron chi connectivity index (χ3n) is 3.77.